The highest BCUT2D eigenvalue weighted by Crippen LogP contribution is 2.29. The monoisotopic (exact) mass is 335 g/mol. The number of hydrogen-bond acceptors (Lipinski definition) is 1. The van der Waals surface area contributed by atoms with Gasteiger partial charge >= 0.3 is 0 Å². The molecule has 3 atom stereocenters. The summed E-state index contributed by atoms with van der Waals surface area (Å²) in [6.45, 7) is 4.52. The van der Waals surface area contributed by atoms with E-state index in [1.165, 1.54) is 12.8 Å². The molecule has 2 nitrogen and oxygen atoms in total. The number of nitrogens with one attached hydrogen (secondary N) is 1. The Balaban J connectivity index is 1.92. The largest absolute Gasteiger partial charge is 0.350 e. The van der Waals surface area contributed by atoms with E-state index in [0.717, 1.165) is 16.5 Å². The van der Waals surface area contributed by atoms with Crippen molar-refractivity contribution in [1.29, 1.82) is 0 Å². The summed E-state index contributed by atoms with van der Waals surface area (Å²) in [4.78, 5) is 12.0. The van der Waals surface area contributed by atoms with E-state index in [-0.39, 0.29) is 5.91 Å². The minimum absolute atomic E-state index is 0.0101. The normalized spacial score (nSPS) is 26.6. The fourth-order valence-corrected chi connectivity index (χ4v) is 3.22. The van der Waals surface area contributed by atoms with Gasteiger partial charge in [-0.15, -0.1) is 0 Å². The van der Waals surface area contributed by atoms with E-state index in [1.54, 1.807) is 6.08 Å². The summed E-state index contributed by atoms with van der Waals surface area (Å²) in [5.74, 6) is 1.27. The molecule has 1 aromatic rings. The van der Waals surface area contributed by atoms with Crippen molar-refractivity contribution in [3.05, 3.63) is 40.4 Å². The van der Waals surface area contributed by atoms with Crippen molar-refractivity contribution in [2.75, 3.05) is 0 Å². The van der Waals surface area contributed by atoms with Crippen LogP contribution in [-0.4, -0.2) is 11.9 Å². The zero-order valence-electron chi connectivity index (χ0n) is 12.1. The summed E-state index contributed by atoms with van der Waals surface area (Å²) in [5.41, 5.74) is 1.03. The second-order valence-electron chi connectivity index (χ2n) is 5.77. The van der Waals surface area contributed by atoms with Crippen LogP contribution in [0.25, 0.3) is 6.08 Å². The van der Waals surface area contributed by atoms with Crippen molar-refractivity contribution >= 4 is 27.9 Å². The van der Waals surface area contributed by atoms with E-state index >= 15 is 0 Å². The van der Waals surface area contributed by atoms with Crippen LogP contribution in [-0.2, 0) is 4.79 Å². The van der Waals surface area contributed by atoms with E-state index in [2.05, 4.69) is 35.1 Å². The lowest BCUT2D eigenvalue weighted by Gasteiger charge is -2.34. The lowest BCUT2D eigenvalue weighted by Crippen LogP contribution is -2.43. The second-order valence-corrected chi connectivity index (χ2v) is 6.69. The Labute approximate surface area is 129 Å². The Bertz CT molecular complexity index is 498. The lowest BCUT2D eigenvalue weighted by molar-refractivity contribution is -0.117. The molecule has 1 amide bonds. The van der Waals surface area contributed by atoms with Gasteiger partial charge in [0.15, 0.2) is 0 Å². The first-order valence-corrected chi connectivity index (χ1v) is 8.09. The van der Waals surface area contributed by atoms with E-state index < -0.39 is 0 Å². The maximum absolute atomic E-state index is 12.0. The summed E-state index contributed by atoms with van der Waals surface area (Å²) in [5, 5.41) is 3.15. The summed E-state index contributed by atoms with van der Waals surface area (Å²) in [7, 11) is 0. The number of benzene rings is 1. The molecule has 1 fully saturated rings. The van der Waals surface area contributed by atoms with Gasteiger partial charge in [0.2, 0.25) is 5.91 Å². The third-order valence-corrected chi connectivity index (χ3v) is 4.80. The summed E-state index contributed by atoms with van der Waals surface area (Å²) >= 11 is 3.43. The van der Waals surface area contributed by atoms with Crippen molar-refractivity contribution in [1.82, 2.24) is 5.32 Å². The van der Waals surface area contributed by atoms with Crippen molar-refractivity contribution < 1.29 is 4.79 Å². The van der Waals surface area contributed by atoms with Crippen LogP contribution in [0, 0.1) is 11.8 Å². The predicted molar refractivity (Wildman–Crippen MR) is 87.3 cm³/mol. The Morgan fingerprint density at radius 1 is 1.35 bits per heavy atom. The van der Waals surface area contributed by atoms with Gasteiger partial charge in [-0.2, -0.15) is 0 Å². The molecule has 108 valence electrons. The molecule has 0 aliphatic heterocycles. The highest BCUT2D eigenvalue weighted by atomic mass is 79.9. The number of hydrogen-bond donors (Lipinski definition) is 1. The van der Waals surface area contributed by atoms with E-state index in [4.69, 9.17) is 0 Å². The smallest absolute Gasteiger partial charge is 0.244 e. The Hall–Kier alpha value is -1.09. The molecular formula is C17H22BrNO. The molecule has 3 heteroatoms. The summed E-state index contributed by atoms with van der Waals surface area (Å²) in [6.07, 6.45) is 7.08. The maximum Gasteiger partial charge on any atom is 0.244 e. The molecule has 0 aromatic heterocycles. The van der Waals surface area contributed by atoms with Crippen LogP contribution < -0.4 is 5.32 Å². The number of rotatable bonds is 3. The fraction of sp³-hybridized carbons (Fsp3) is 0.471. The molecular weight excluding hydrogens is 314 g/mol. The minimum Gasteiger partial charge on any atom is -0.350 e. The molecule has 1 aliphatic carbocycles. The first kappa shape index (κ1) is 15.3. The van der Waals surface area contributed by atoms with E-state index in [9.17, 15) is 4.79 Å². The molecule has 0 bridgehead atoms. The van der Waals surface area contributed by atoms with E-state index in [1.807, 2.05) is 30.3 Å². The van der Waals surface area contributed by atoms with Crippen LogP contribution in [0.3, 0.4) is 0 Å². The van der Waals surface area contributed by atoms with Crippen LogP contribution in [0.15, 0.2) is 34.8 Å². The zero-order valence-corrected chi connectivity index (χ0v) is 13.7. The Kier molecular flexibility index (Phi) is 5.41. The SMILES string of the molecule is C[C@H]1[C@@H](NC(=O)/C=C/c2cccc(Br)c2)CCC[C@@H]1C. The molecule has 0 heterocycles. The van der Waals surface area contributed by atoms with Gasteiger partial charge in [0.1, 0.15) is 0 Å². The van der Waals surface area contributed by atoms with Crippen LogP contribution in [0.1, 0.15) is 38.7 Å². The van der Waals surface area contributed by atoms with Crippen molar-refractivity contribution in [2.24, 2.45) is 11.8 Å². The number of carbonyl (C=O) groups excluding carboxylic acids is 1. The molecule has 0 radical (unpaired) electrons. The van der Waals surface area contributed by atoms with Gasteiger partial charge in [0.25, 0.3) is 0 Å². The van der Waals surface area contributed by atoms with Crippen LogP contribution in [0.2, 0.25) is 0 Å². The molecule has 2 rings (SSSR count). The van der Waals surface area contributed by atoms with Gasteiger partial charge in [-0.1, -0.05) is 54.8 Å². The first-order valence-electron chi connectivity index (χ1n) is 7.30. The van der Waals surface area contributed by atoms with Crippen molar-refractivity contribution in [2.45, 2.75) is 39.2 Å². The molecule has 1 N–H and O–H groups in total. The second kappa shape index (κ2) is 7.07. The van der Waals surface area contributed by atoms with Crippen LogP contribution in [0.5, 0.6) is 0 Å². The van der Waals surface area contributed by atoms with Gasteiger partial charge in [-0.25, -0.2) is 0 Å². The first-order chi connectivity index (χ1) is 9.56. The van der Waals surface area contributed by atoms with Gasteiger partial charge in [0.05, 0.1) is 0 Å². The number of amides is 1. The third-order valence-electron chi connectivity index (χ3n) is 4.31. The average molecular weight is 336 g/mol. The van der Waals surface area contributed by atoms with Gasteiger partial charge < -0.3 is 5.32 Å². The highest BCUT2D eigenvalue weighted by Gasteiger charge is 2.27. The molecule has 0 spiro atoms. The molecule has 20 heavy (non-hydrogen) atoms. The van der Waals surface area contributed by atoms with Crippen LogP contribution >= 0.6 is 15.9 Å². The quantitative estimate of drug-likeness (QED) is 0.814. The Morgan fingerprint density at radius 3 is 2.90 bits per heavy atom. The molecule has 0 saturated heterocycles. The van der Waals surface area contributed by atoms with Crippen molar-refractivity contribution in [3.63, 3.8) is 0 Å². The Morgan fingerprint density at radius 2 is 2.15 bits per heavy atom. The minimum atomic E-state index is 0.0101. The molecule has 1 aromatic carbocycles. The zero-order chi connectivity index (χ0) is 14.5. The summed E-state index contributed by atoms with van der Waals surface area (Å²) in [6, 6.07) is 8.24. The van der Waals surface area contributed by atoms with Gasteiger partial charge in [0, 0.05) is 16.6 Å². The van der Waals surface area contributed by atoms with Crippen LogP contribution in [0.4, 0.5) is 0 Å². The van der Waals surface area contributed by atoms with E-state index in [0.29, 0.717) is 17.9 Å². The predicted octanol–water partition coefficient (Wildman–Crippen LogP) is 4.40. The van der Waals surface area contributed by atoms with Gasteiger partial charge in [-0.05, 0) is 42.0 Å². The number of carbonyl (C=O) groups is 1. The highest BCUT2D eigenvalue weighted by molar-refractivity contribution is 9.10. The number of halogens is 1. The maximum atomic E-state index is 12.0. The third kappa shape index (κ3) is 4.20. The fourth-order valence-electron chi connectivity index (χ4n) is 2.80. The van der Waals surface area contributed by atoms with Crippen molar-refractivity contribution in [3.8, 4) is 0 Å². The van der Waals surface area contributed by atoms with Gasteiger partial charge in [-0.3, -0.25) is 4.79 Å². The standard InChI is InChI=1S/C17H22BrNO/c1-12-5-3-8-16(13(12)2)19-17(20)10-9-14-6-4-7-15(18)11-14/h4,6-7,9-13,16H,3,5,8H2,1-2H3,(H,19,20)/b10-9+/t12-,13+,16-/m0/s1. The molecule has 1 saturated carbocycles. The molecule has 1 aliphatic rings. The topological polar surface area (TPSA) is 29.1 Å². The average Bonchev–Trinajstić information content (AvgIpc) is 2.42. The molecule has 0 unspecified atom stereocenters. The summed E-state index contributed by atoms with van der Waals surface area (Å²) < 4.78 is 1.02. The lowest BCUT2D eigenvalue weighted by atomic mass is 9.78.